The minimum Gasteiger partial charge on any atom is -0.494 e. The molecule has 0 unspecified atom stereocenters. The Kier molecular flexibility index (Phi) is 8.94. The van der Waals surface area contributed by atoms with E-state index in [0.717, 1.165) is 12.4 Å². The Labute approximate surface area is 251 Å². The molecule has 16 heteroatoms. The van der Waals surface area contributed by atoms with Gasteiger partial charge in [0.05, 0.1) is 26.6 Å². The second-order valence-corrected chi connectivity index (χ2v) is 18.3. The number of halogens is 1. The third kappa shape index (κ3) is 6.55. The van der Waals surface area contributed by atoms with E-state index in [9.17, 15) is 12.8 Å². The third-order valence-corrected chi connectivity index (χ3v) is 13.7. The van der Waals surface area contributed by atoms with Crippen molar-refractivity contribution in [3.05, 3.63) is 54.5 Å². The van der Waals surface area contributed by atoms with Gasteiger partial charge < -0.3 is 13.9 Å². The van der Waals surface area contributed by atoms with Crippen molar-refractivity contribution in [2.24, 2.45) is 7.05 Å². The number of hydrogen-bond acceptors (Lipinski definition) is 10. The molecule has 0 aliphatic carbocycles. The van der Waals surface area contributed by atoms with Gasteiger partial charge in [0, 0.05) is 13.2 Å². The molecule has 0 spiro atoms. The Morgan fingerprint density at radius 2 is 1.63 bits per heavy atom. The third-order valence-electron chi connectivity index (χ3n) is 7.50. The largest absolute Gasteiger partial charge is 0.494 e. The minimum atomic E-state index is -4.28. The molecule has 0 bridgehead atoms. The average molecular weight is 633 g/mol. The number of ether oxygens (including phenoxy) is 2. The number of methoxy groups -OCH3 is 2. The molecule has 1 N–H and O–H groups in total. The van der Waals surface area contributed by atoms with Gasteiger partial charge in [-0.25, -0.2) is 22.8 Å². The van der Waals surface area contributed by atoms with Crippen LogP contribution in [0.2, 0.25) is 18.1 Å². The van der Waals surface area contributed by atoms with E-state index in [2.05, 4.69) is 30.0 Å². The summed E-state index contributed by atoms with van der Waals surface area (Å²) in [5.41, 5.74) is 0.791. The lowest BCUT2D eigenvalue weighted by Gasteiger charge is -2.40. The lowest BCUT2D eigenvalue weighted by Crippen LogP contribution is -2.45. The highest BCUT2D eigenvalue weighted by atomic mass is 32.2. The number of anilines is 1. The first-order valence-electron chi connectivity index (χ1n) is 13.4. The molecule has 0 saturated carbocycles. The Hall–Kier alpha value is -3.89. The van der Waals surface area contributed by atoms with Gasteiger partial charge in [-0.2, -0.15) is 5.10 Å². The number of nitrogens with one attached hydrogen (secondary N) is 1. The Morgan fingerprint density at radius 1 is 1.02 bits per heavy atom. The standard InChI is InChI=1S/C27H37FN8O5SSi/c1-17(23(24-29-15-18(28)16-30-24)41-43(8,9)27(2,3)4)42(37,38)34-26-32-31-25(19-13-14-35(5)33-19)36(26)22-20(39-6)11-10-12-21(22)40-7/h10-17,23H,1-9H3,(H,32,34)/t17-,23-/m0/s1. The molecule has 0 saturated heterocycles. The number of hydrogen-bond donors (Lipinski definition) is 1. The first-order chi connectivity index (χ1) is 20.1. The lowest BCUT2D eigenvalue weighted by molar-refractivity contribution is 0.172. The highest BCUT2D eigenvalue weighted by Gasteiger charge is 2.44. The van der Waals surface area contributed by atoms with Crippen molar-refractivity contribution in [2.45, 2.75) is 57.2 Å². The van der Waals surface area contributed by atoms with Gasteiger partial charge in [-0.15, -0.1) is 10.2 Å². The van der Waals surface area contributed by atoms with Crippen molar-refractivity contribution in [3.63, 3.8) is 0 Å². The Morgan fingerprint density at radius 3 is 2.14 bits per heavy atom. The maximum Gasteiger partial charge on any atom is 0.243 e. The zero-order valence-electron chi connectivity index (χ0n) is 25.7. The van der Waals surface area contributed by atoms with Crippen molar-refractivity contribution in [1.82, 2.24) is 34.5 Å². The SMILES string of the molecule is COc1cccc(OC)c1-n1c(NS(=O)(=O)[C@@H](C)[C@H](O[Si](C)(C)C(C)(C)C)c2ncc(F)cn2)nnc1-c1ccn(C)n1. The molecule has 3 aromatic heterocycles. The summed E-state index contributed by atoms with van der Waals surface area (Å²) in [6.45, 7) is 11.5. The van der Waals surface area contributed by atoms with Gasteiger partial charge in [0.15, 0.2) is 25.8 Å². The molecule has 43 heavy (non-hydrogen) atoms. The van der Waals surface area contributed by atoms with Crippen LogP contribution in [-0.4, -0.2) is 70.7 Å². The molecule has 0 aliphatic heterocycles. The summed E-state index contributed by atoms with van der Waals surface area (Å²) >= 11 is 0. The monoisotopic (exact) mass is 632 g/mol. The molecular formula is C27H37FN8O5SSi. The minimum absolute atomic E-state index is 0.0474. The molecule has 1 aromatic carbocycles. The molecule has 4 rings (SSSR count). The van der Waals surface area contributed by atoms with Gasteiger partial charge in [0.2, 0.25) is 16.0 Å². The van der Waals surface area contributed by atoms with Gasteiger partial charge in [-0.05, 0) is 43.3 Å². The van der Waals surface area contributed by atoms with Crippen molar-refractivity contribution in [3.8, 4) is 28.7 Å². The number of nitrogens with zero attached hydrogens (tertiary/aromatic N) is 7. The highest BCUT2D eigenvalue weighted by molar-refractivity contribution is 7.93. The number of sulfonamides is 1. The van der Waals surface area contributed by atoms with Gasteiger partial charge >= 0.3 is 0 Å². The molecule has 4 aromatic rings. The molecule has 0 fully saturated rings. The quantitative estimate of drug-likeness (QED) is 0.234. The van der Waals surface area contributed by atoms with E-state index in [4.69, 9.17) is 13.9 Å². The number of rotatable bonds is 11. The van der Waals surface area contributed by atoms with Crippen molar-refractivity contribution in [1.29, 1.82) is 0 Å². The van der Waals surface area contributed by atoms with Crippen LogP contribution >= 0.6 is 0 Å². The van der Waals surface area contributed by atoms with Crippen LogP contribution in [0.3, 0.4) is 0 Å². The zero-order chi connectivity index (χ0) is 31.7. The molecular weight excluding hydrogens is 595 g/mol. The molecule has 0 radical (unpaired) electrons. The van der Waals surface area contributed by atoms with E-state index in [1.54, 1.807) is 42.2 Å². The summed E-state index contributed by atoms with van der Waals surface area (Å²) in [6, 6.07) is 6.87. The summed E-state index contributed by atoms with van der Waals surface area (Å²) < 4.78 is 65.4. The van der Waals surface area contributed by atoms with Crippen LogP contribution in [0.5, 0.6) is 11.5 Å². The van der Waals surface area contributed by atoms with Crippen molar-refractivity contribution < 1.29 is 26.7 Å². The molecule has 232 valence electrons. The van der Waals surface area contributed by atoms with E-state index in [1.165, 1.54) is 25.7 Å². The van der Waals surface area contributed by atoms with E-state index in [-0.39, 0.29) is 22.6 Å². The van der Waals surface area contributed by atoms with Crippen LogP contribution in [0.1, 0.15) is 39.6 Å². The smallest absolute Gasteiger partial charge is 0.243 e. The molecule has 3 heterocycles. The number of benzene rings is 1. The molecule has 13 nitrogen and oxygen atoms in total. The summed E-state index contributed by atoms with van der Waals surface area (Å²) in [5.74, 6) is 0.258. The highest BCUT2D eigenvalue weighted by Crippen LogP contribution is 2.42. The first-order valence-corrected chi connectivity index (χ1v) is 17.9. The number of aromatic nitrogens is 7. The molecule has 0 amide bonds. The maximum absolute atomic E-state index is 14.1. The fraction of sp³-hybridized carbons (Fsp3) is 0.444. The van der Waals surface area contributed by atoms with Crippen LogP contribution in [0.25, 0.3) is 17.2 Å². The van der Waals surface area contributed by atoms with E-state index in [0.29, 0.717) is 22.9 Å². The second-order valence-electron chi connectivity index (χ2n) is 11.5. The van der Waals surface area contributed by atoms with E-state index in [1.807, 2.05) is 33.9 Å². The number of aryl methyl sites for hydroxylation is 1. The molecule has 2 atom stereocenters. The average Bonchev–Trinajstić information content (AvgIpc) is 3.56. The summed E-state index contributed by atoms with van der Waals surface area (Å²) in [5, 5.41) is 11.4. The topological polar surface area (TPSA) is 148 Å². The Bertz CT molecular complexity index is 1660. The van der Waals surface area contributed by atoms with Crippen molar-refractivity contribution in [2.75, 3.05) is 18.9 Å². The van der Waals surface area contributed by atoms with Crippen LogP contribution in [0.4, 0.5) is 10.3 Å². The fourth-order valence-electron chi connectivity index (χ4n) is 4.02. The van der Waals surface area contributed by atoms with Gasteiger partial charge in [-0.3, -0.25) is 14.0 Å². The normalized spacial score (nSPS) is 13.9. The summed E-state index contributed by atoms with van der Waals surface area (Å²) in [4.78, 5) is 8.17. The van der Waals surface area contributed by atoms with Crippen LogP contribution < -0.4 is 14.2 Å². The first kappa shape index (κ1) is 32.0. The van der Waals surface area contributed by atoms with E-state index < -0.39 is 35.5 Å². The van der Waals surface area contributed by atoms with Gasteiger partial charge in [0.25, 0.3) is 0 Å². The van der Waals surface area contributed by atoms with Crippen LogP contribution in [0, 0.1) is 5.82 Å². The summed E-state index contributed by atoms with van der Waals surface area (Å²) in [6.07, 6.45) is 2.58. The molecule has 0 aliphatic rings. The summed E-state index contributed by atoms with van der Waals surface area (Å²) in [7, 11) is -2.12. The second kappa shape index (κ2) is 12.0. The van der Waals surface area contributed by atoms with Gasteiger partial charge in [0.1, 0.15) is 34.2 Å². The lowest BCUT2D eigenvalue weighted by atomic mass is 10.2. The fourth-order valence-corrected chi connectivity index (χ4v) is 6.49. The number of para-hydroxylation sites is 1. The predicted molar refractivity (Wildman–Crippen MR) is 162 cm³/mol. The van der Waals surface area contributed by atoms with E-state index >= 15 is 0 Å². The van der Waals surface area contributed by atoms with Gasteiger partial charge in [-0.1, -0.05) is 26.8 Å². The maximum atomic E-state index is 14.1. The van der Waals surface area contributed by atoms with Crippen molar-refractivity contribution >= 4 is 24.3 Å². The predicted octanol–water partition coefficient (Wildman–Crippen LogP) is 4.51. The van der Waals surface area contributed by atoms with Crippen LogP contribution in [0.15, 0.2) is 42.9 Å². The van der Waals surface area contributed by atoms with Crippen LogP contribution in [-0.2, 0) is 21.5 Å². The zero-order valence-corrected chi connectivity index (χ0v) is 27.5. The Balaban J connectivity index is 1.84.